The second-order valence-corrected chi connectivity index (χ2v) is 5.80. The van der Waals surface area contributed by atoms with Gasteiger partial charge in [-0.2, -0.15) is 0 Å². The number of pyridine rings is 1. The van der Waals surface area contributed by atoms with E-state index in [-0.39, 0.29) is 11.9 Å². The summed E-state index contributed by atoms with van der Waals surface area (Å²) in [7, 11) is 1.75. The molecule has 0 aliphatic heterocycles. The van der Waals surface area contributed by atoms with Crippen LogP contribution in [-0.2, 0) is 0 Å². The fraction of sp³-hybridized carbons (Fsp3) is 0.222. The van der Waals surface area contributed by atoms with Crippen molar-refractivity contribution in [3.63, 3.8) is 0 Å². The van der Waals surface area contributed by atoms with Crippen LogP contribution in [0.2, 0.25) is 0 Å². The molecule has 6 nitrogen and oxygen atoms in total. The minimum atomic E-state index is -0.222. The number of amides is 1. The number of carbonyl (C=O) groups is 1. The number of nitrogen functional groups attached to an aromatic ring is 1. The predicted octanol–water partition coefficient (Wildman–Crippen LogP) is 2.75. The van der Waals surface area contributed by atoms with Crippen molar-refractivity contribution in [2.75, 3.05) is 12.8 Å². The van der Waals surface area contributed by atoms with Gasteiger partial charge in [0.05, 0.1) is 11.6 Å². The molecule has 24 heavy (non-hydrogen) atoms. The van der Waals surface area contributed by atoms with Crippen LogP contribution in [0.4, 0.5) is 5.82 Å². The van der Waals surface area contributed by atoms with Crippen molar-refractivity contribution in [1.29, 1.82) is 0 Å². The molecule has 0 aliphatic rings. The highest BCUT2D eigenvalue weighted by molar-refractivity contribution is 5.98. The van der Waals surface area contributed by atoms with Gasteiger partial charge < -0.3 is 10.6 Å². The van der Waals surface area contributed by atoms with Crippen LogP contribution in [0.25, 0.3) is 10.9 Å². The number of rotatable bonds is 3. The minimum Gasteiger partial charge on any atom is -0.383 e. The van der Waals surface area contributed by atoms with Crippen molar-refractivity contribution in [2.24, 2.45) is 0 Å². The summed E-state index contributed by atoms with van der Waals surface area (Å²) in [5.74, 6) is 1.03. The Morgan fingerprint density at radius 1 is 1.21 bits per heavy atom. The van der Waals surface area contributed by atoms with Crippen molar-refractivity contribution in [3.8, 4) is 0 Å². The number of carbonyl (C=O) groups excluding carboxylic acids is 1. The van der Waals surface area contributed by atoms with Gasteiger partial charge in [0.2, 0.25) is 0 Å². The first-order valence-corrected chi connectivity index (χ1v) is 7.68. The average molecular weight is 321 g/mol. The summed E-state index contributed by atoms with van der Waals surface area (Å²) < 4.78 is 0. The fourth-order valence-corrected chi connectivity index (χ4v) is 2.51. The lowest BCUT2D eigenvalue weighted by molar-refractivity contribution is 0.0736. The van der Waals surface area contributed by atoms with E-state index in [1.807, 2.05) is 32.0 Å². The van der Waals surface area contributed by atoms with Crippen molar-refractivity contribution in [1.82, 2.24) is 19.9 Å². The van der Waals surface area contributed by atoms with Crippen LogP contribution in [-0.4, -0.2) is 32.8 Å². The Balaban J connectivity index is 1.91. The van der Waals surface area contributed by atoms with Gasteiger partial charge in [0.25, 0.3) is 5.91 Å². The second-order valence-electron chi connectivity index (χ2n) is 5.80. The highest BCUT2D eigenvalue weighted by Gasteiger charge is 2.21. The molecule has 1 amide bonds. The Bertz CT molecular complexity index is 895. The molecule has 0 spiro atoms. The molecule has 3 rings (SSSR count). The van der Waals surface area contributed by atoms with E-state index in [0.717, 1.165) is 16.5 Å². The van der Waals surface area contributed by atoms with Crippen LogP contribution >= 0.6 is 0 Å². The van der Waals surface area contributed by atoms with Crippen LogP contribution in [0.3, 0.4) is 0 Å². The Hall–Kier alpha value is -3.02. The maximum Gasteiger partial charge on any atom is 0.254 e. The highest BCUT2D eigenvalue weighted by Crippen LogP contribution is 2.22. The van der Waals surface area contributed by atoms with E-state index in [1.54, 1.807) is 36.5 Å². The number of hydrogen-bond donors (Lipinski definition) is 1. The predicted molar refractivity (Wildman–Crippen MR) is 93.4 cm³/mol. The Labute approximate surface area is 140 Å². The smallest absolute Gasteiger partial charge is 0.254 e. The molecule has 2 heterocycles. The lowest BCUT2D eigenvalue weighted by Gasteiger charge is -2.23. The first kappa shape index (κ1) is 15.9. The average Bonchev–Trinajstić information content (AvgIpc) is 2.61. The van der Waals surface area contributed by atoms with Crippen LogP contribution < -0.4 is 5.73 Å². The second kappa shape index (κ2) is 6.23. The number of aromatic nitrogens is 3. The summed E-state index contributed by atoms with van der Waals surface area (Å²) >= 11 is 0. The van der Waals surface area contributed by atoms with Crippen LogP contribution in [0.1, 0.15) is 34.7 Å². The number of aryl methyl sites for hydroxylation is 1. The SMILES string of the molecule is Cc1cc2cc(C(=O)N(C)[C@H](C)c3ncccn3)ccc2nc1N. The van der Waals surface area contributed by atoms with E-state index in [4.69, 9.17) is 5.73 Å². The van der Waals surface area contributed by atoms with Gasteiger partial charge in [0.1, 0.15) is 11.6 Å². The summed E-state index contributed by atoms with van der Waals surface area (Å²) in [6, 6.07) is 8.89. The Morgan fingerprint density at radius 2 is 1.92 bits per heavy atom. The largest absolute Gasteiger partial charge is 0.383 e. The zero-order valence-corrected chi connectivity index (χ0v) is 13.9. The minimum absolute atomic E-state index is 0.0914. The number of nitrogens with zero attached hydrogens (tertiary/aromatic N) is 4. The lowest BCUT2D eigenvalue weighted by Crippen LogP contribution is -2.30. The van der Waals surface area contributed by atoms with E-state index < -0.39 is 0 Å². The van der Waals surface area contributed by atoms with Crippen molar-refractivity contribution in [2.45, 2.75) is 19.9 Å². The lowest BCUT2D eigenvalue weighted by atomic mass is 10.1. The number of benzene rings is 1. The number of nitrogens with two attached hydrogens (primary N) is 1. The van der Waals surface area contributed by atoms with Crippen molar-refractivity contribution < 1.29 is 4.79 Å². The van der Waals surface area contributed by atoms with Crippen LogP contribution in [0.15, 0.2) is 42.7 Å². The topological polar surface area (TPSA) is 85.0 Å². The molecule has 0 radical (unpaired) electrons. The van der Waals surface area contributed by atoms with Gasteiger partial charge in [-0.25, -0.2) is 15.0 Å². The molecule has 3 aromatic rings. The molecule has 6 heteroatoms. The first-order valence-electron chi connectivity index (χ1n) is 7.68. The molecule has 0 unspecified atom stereocenters. The van der Waals surface area contributed by atoms with Crippen molar-refractivity contribution in [3.05, 3.63) is 59.7 Å². The normalized spacial score (nSPS) is 12.1. The fourth-order valence-electron chi connectivity index (χ4n) is 2.51. The van der Waals surface area contributed by atoms with E-state index >= 15 is 0 Å². The van der Waals surface area contributed by atoms with E-state index in [2.05, 4.69) is 15.0 Å². The third-order valence-corrected chi connectivity index (χ3v) is 4.15. The molecule has 0 aliphatic carbocycles. The van der Waals surface area contributed by atoms with Gasteiger partial charge in [-0.05, 0) is 49.7 Å². The van der Waals surface area contributed by atoms with E-state index in [9.17, 15) is 4.79 Å². The molecule has 0 bridgehead atoms. The Kier molecular flexibility index (Phi) is 4.12. The summed E-state index contributed by atoms with van der Waals surface area (Å²) in [6.07, 6.45) is 3.35. The monoisotopic (exact) mass is 321 g/mol. The summed E-state index contributed by atoms with van der Waals surface area (Å²) in [6.45, 7) is 3.80. The zero-order valence-electron chi connectivity index (χ0n) is 13.9. The summed E-state index contributed by atoms with van der Waals surface area (Å²) in [4.78, 5) is 27.2. The standard InChI is InChI=1S/C18H19N5O/c1-11-9-14-10-13(5-6-15(14)22-16(11)19)18(24)23(3)12(2)17-20-7-4-8-21-17/h4-10,12H,1-3H3,(H2,19,22)/t12-/m1/s1. The molecular weight excluding hydrogens is 302 g/mol. The molecule has 1 atom stereocenters. The van der Waals surface area contributed by atoms with Crippen molar-refractivity contribution >= 4 is 22.6 Å². The quantitative estimate of drug-likeness (QED) is 0.801. The molecule has 2 aromatic heterocycles. The first-order chi connectivity index (χ1) is 11.5. The summed E-state index contributed by atoms with van der Waals surface area (Å²) in [5.41, 5.74) is 8.10. The van der Waals surface area contributed by atoms with Crippen LogP contribution in [0, 0.1) is 6.92 Å². The van der Waals surface area contributed by atoms with Crippen LogP contribution in [0.5, 0.6) is 0 Å². The summed E-state index contributed by atoms with van der Waals surface area (Å²) in [5, 5.41) is 0.893. The maximum atomic E-state index is 12.8. The van der Waals surface area contributed by atoms with Gasteiger partial charge >= 0.3 is 0 Å². The number of hydrogen-bond acceptors (Lipinski definition) is 5. The molecule has 0 saturated carbocycles. The maximum absolute atomic E-state index is 12.8. The highest BCUT2D eigenvalue weighted by atomic mass is 16.2. The van der Waals surface area contributed by atoms with Gasteiger partial charge in [0.15, 0.2) is 0 Å². The molecule has 2 N–H and O–H groups in total. The molecule has 0 fully saturated rings. The molecule has 122 valence electrons. The third kappa shape index (κ3) is 2.90. The Morgan fingerprint density at radius 3 is 2.62 bits per heavy atom. The third-order valence-electron chi connectivity index (χ3n) is 4.15. The molecule has 0 saturated heterocycles. The number of anilines is 1. The van der Waals surface area contributed by atoms with Gasteiger partial charge in [-0.3, -0.25) is 4.79 Å². The van der Waals surface area contributed by atoms with Gasteiger partial charge in [0, 0.05) is 30.4 Å². The van der Waals surface area contributed by atoms with E-state index in [1.165, 1.54) is 0 Å². The van der Waals surface area contributed by atoms with Gasteiger partial charge in [-0.1, -0.05) is 0 Å². The van der Waals surface area contributed by atoms with E-state index in [0.29, 0.717) is 17.2 Å². The zero-order chi connectivity index (χ0) is 17.3. The molecular formula is C18H19N5O. The number of fused-ring (bicyclic) bond motifs is 1. The van der Waals surface area contributed by atoms with Gasteiger partial charge in [-0.15, -0.1) is 0 Å². The molecule has 1 aromatic carbocycles.